The van der Waals surface area contributed by atoms with Crippen LogP contribution in [0.15, 0.2) is 55.1 Å². The maximum absolute atomic E-state index is 6.52. The summed E-state index contributed by atoms with van der Waals surface area (Å²) in [5.74, 6) is -0.126. The van der Waals surface area contributed by atoms with Crippen molar-refractivity contribution in [1.29, 1.82) is 0 Å². The molecule has 4 atom stereocenters. The summed E-state index contributed by atoms with van der Waals surface area (Å²) in [6, 6.07) is 12.1. The lowest BCUT2D eigenvalue weighted by atomic mass is 10.0. The molecule has 5 heterocycles. The first-order chi connectivity index (χ1) is 15.5. The molecule has 1 aromatic carbocycles. The van der Waals surface area contributed by atoms with Crippen molar-refractivity contribution in [2.24, 2.45) is 0 Å². The van der Waals surface area contributed by atoms with Gasteiger partial charge in [-0.05, 0) is 56.5 Å². The molecule has 2 fully saturated rings. The minimum absolute atomic E-state index is 0.101. The van der Waals surface area contributed by atoms with Gasteiger partial charge in [-0.1, -0.05) is 12.1 Å². The minimum atomic E-state index is -0.655. The number of aryl methyl sites for hydroxylation is 1. The fourth-order valence-electron chi connectivity index (χ4n) is 4.86. The normalized spacial score (nSPS) is 26.7. The molecule has 0 amide bonds. The number of hydrogen-bond acceptors (Lipinski definition) is 7. The van der Waals surface area contributed by atoms with Crippen LogP contribution >= 0.6 is 0 Å². The van der Waals surface area contributed by atoms with Crippen LogP contribution in [-0.2, 0) is 20.6 Å². The quantitative estimate of drug-likeness (QED) is 0.527. The third-order valence-electron chi connectivity index (χ3n) is 6.27. The number of benzene rings is 1. The van der Waals surface area contributed by atoms with Gasteiger partial charge in [0.2, 0.25) is 0 Å². The molecular weight excluding hydrogens is 406 g/mol. The van der Waals surface area contributed by atoms with Crippen molar-refractivity contribution >= 4 is 27.8 Å². The third-order valence-corrected chi connectivity index (χ3v) is 6.27. The van der Waals surface area contributed by atoms with Crippen molar-refractivity contribution in [3.05, 3.63) is 60.7 Å². The predicted molar refractivity (Wildman–Crippen MR) is 120 cm³/mol. The number of hydrogen-bond donors (Lipinski definition) is 1. The number of nitrogens with two attached hydrogens (primary N) is 1. The monoisotopic (exact) mass is 431 g/mol. The van der Waals surface area contributed by atoms with Gasteiger partial charge >= 0.3 is 0 Å². The molecule has 164 valence electrons. The maximum atomic E-state index is 6.52. The van der Waals surface area contributed by atoms with Gasteiger partial charge in [0.1, 0.15) is 30.0 Å². The van der Waals surface area contributed by atoms with E-state index in [2.05, 4.69) is 33.2 Å². The van der Waals surface area contributed by atoms with Gasteiger partial charge in [0.25, 0.3) is 0 Å². The fourth-order valence-corrected chi connectivity index (χ4v) is 4.86. The van der Waals surface area contributed by atoms with Crippen molar-refractivity contribution < 1.29 is 14.2 Å². The number of nitrogens with zero attached hydrogens (tertiary/aromatic N) is 4. The molecule has 4 aromatic rings. The van der Waals surface area contributed by atoms with E-state index < -0.39 is 5.79 Å². The number of fused-ring (bicyclic) bond motifs is 3. The van der Waals surface area contributed by atoms with E-state index in [0.29, 0.717) is 5.82 Å². The van der Waals surface area contributed by atoms with Gasteiger partial charge in [-0.2, -0.15) is 0 Å². The van der Waals surface area contributed by atoms with Crippen LogP contribution in [0.4, 0.5) is 5.82 Å². The summed E-state index contributed by atoms with van der Waals surface area (Å²) < 4.78 is 21.1. The molecule has 2 aliphatic rings. The SMILES string of the molecule is CC1(C)O[C@@H]2[C@H](O1)[C@@H](CCc1ccc3ccc(N)nc3c1)O[C@H]2n1ccc2cncnc21. The summed E-state index contributed by atoms with van der Waals surface area (Å²) >= 11 is 0. The largest absolute Gasteiger partial charge is 0.384 e. The Balaban J connectivity index is 1.26. The summed E-state index contributed by atoms with van der Waals surface area (Å²) in [5, 5.41) is 2.05. The number of aromatic nitrogens is 4. The van der Waals surface area contributed by atoms with Crippen LogP contribution in [-0.4, -0.2) is 43.6 Å². The summed E-state index contributed by atoms with van der Waals surface area (Å²) in [5.41, 5.74) is 8.79. The number of pyridine rings is 1. The molecule has 0 aliphatic carbocycles. The van der Waals surface area contributed by atoms with Crippen molar-refractivity contribution in [1.82, 2.24) is 19.5 Å². The molecule has 8 nitrogen and oxygen atoms in total. The molecule has 32 heavy (non-hydrogen) atoms. The molecule has 0 spiro atoms. The Labute approximate surface area is 185 Å². The Hall–Kier alpha value is -3.07. The topological polar surface area (TPSA) is 97.3 Å². The van der Waals surface area contributed by atoms with Crippen LogP contribution in [0.5, 0.6) is 0 Å². The van der Waals surface area contributed by atoms with Gasteiger partial charge < -0.3 is 24.5 Å². The average molecular weight is 431 g/mol. The molecule has 0 unspecified atom stereocenters. The summed E-state index contributed by atoms with van der Waals surface area (Å²) in [7, 11) is 0. The molecule has 3 aromatic heterocycles. The maximum Gasteiger partial charge on any atom is 0.164 e. The van der Waals surface area contributed by atoms with E-state index in [0.717, 1.165) is 34.8 Å². The molecule has 8 heteroatoms. The zero-order chi connectivity index (χ0) is 21.9. The second-order valence-corrected chi connectivity index (χ2v) is 8.96. The molecule has 0 bridgehead atoms. The van der Waals surface area contributed by atoms with Crippen LogP contribution in [0, 0.1) is 0 Å². The second-order valence-electron chi connectivity index (χ2n) is 8.96. The van der Waals surface area contributed by atoms with E-state index in [4.69, 9.17) is 19.9 Å². The van der Waals surface area contributed by atoms with Gasteiger partial charge in [0.05, 0.1) is 11.6 Å². The molecule has 0 saturated carbocycles. The van der Waals surface area contributed by atoms with Crippen LogP contribution in [0.1, 0.15) is 32.1 Å². The standard InChI is InChI=1S/C24H25N5O3/c1-24(2)31-20-18(7-4-14-3-5-15-6-8-19(25)28-17(15)11-14)30-23(21(20)32-24)29-10-9-16-12-26-13-27-22(16)29/h3,5-6,8-13,18,20-21,23H,4,7H2,1-2H3,(H2,25,28)/t18-,20-,21-,23-/m1/s1. The lowest BCUT2D eigenvalue weighted by Gasteiger charge is -2.25. The zero-order valence-corrected chi connectivity index (χ0v) is 18.0. The molecule has 2 N–H and O–H groups in total. The van der Waals surface area contributed by atoms with E-state index in [1.807, 2.05) is 42.8 Å². The molecule has 0 radical (unpaired) electrons. The fraction of sp³-hybridized carbons (Fsp3) is 0.375. The second kappa shape index (κ2) is 7.23. The number of ether oxygens (including phenoxy) is 3. The summed E-state index contributed by atoms with van der Waals surface area (Å²) in [6.45, 7) is 3.91. The van der Waals surface area contributed by atoms with Crippen molar-refractivity contribution in [2.45, 2.75) is 57.0 Å². The van der Waals surface area contributed by atoms with Crippen LogP contribution in [0.2, 0.25) is 0 Å². The zero-order valence-electron chi connectivity index (χ0n) is 18.0. The van der Waals surface area contributed by atoms with Crippen LogP contribution < -0.4 is 5.73 Å². The van der Waals surface area contributed by atoms with E-state index in [1.54, 1.807) is 12.5 Å². The molecule has 6 rings (SSSR count). The van der Waals surface area contributed by atoms with E-state index in [9.17, 15) is 0 Å². The van der Waals surface area contributed by atoms with Gasteiger partial charge in [-0.15, -0.1) is 0 Å². The minimum Gasteiger partial charge on any atom is -0.384 e. The smallest absolute Gasteiger partial charge is 0.164 e. The molecule has 2 saturated heterocycles. The first-order valence-electron chi connectivity index (χ1n) is 10.9. The highest BCUT2D eigenvalue weighted by Crippen LogP contribution is 2.45. The summed E-state index contributed by atoms with van der Waals surface area (Å²) in [6.07, 6.45) is 6.22. The Morgan fingerprint density at radius 3 is 2.81 bits per heavy atom. The van der Waals surface area contributed by atoms with Crippen molar-refractivity contribution in [2.75, 3.05) is 5.73 Å². The van der Waals surface area contributed by atoms with Crippen molar-refractivity contribution in [3.63, 3.8) is 0 Å². The van der Waals surface area contributed by atoms with Gasteiger partial charge in [0.15, 0.2) is 12.0 Å². The van der Waals surface area contributed by atoms with Crippen LogP contribution in [0.3, 0.4) is 0 Å². The van der Waals surface area contributed by atoms with Crippen molar-refractivity contribution in [3.8, 4) is 0 Å². The van der Waals surface area contributed by atoms with E-state index in [1.165, 1.54) is 5.56 Å². The highest BCUT2D eigenvalue weighted by Gasteiger charge is 2.55. The lowest BCUT2D eigenvalue weighted by molar-refractivity contribution is -0.196. The Morgan fingerprint density at radius 1 is 1.06 bits per heavy atom. The molecule has 2 aliphatic heterocycles. The van der Waals surface area contributed by atoms with Gasteiger partial charge in [-0.25, -0.2) is 15.0 Å². The highest BCUT2D eigenvalue weighted by molar-refractivity contribution is 5.80. The molecular formula is C24H25N5O3. The van der Waals surface area contributed by atoms with Gasteiger partial charge in [0, 0.05) is 23.2 Å². The first-order valence-corrected chi connectivity index (χ1v) is 10.9. The number of anilines is 1. The summed E-state index contributed by atoms with van der Waals surface area (Å²) in [4.78, 5) is 13.0. The average Bonchev–Trinajstić information content (AvgIpc) is 3.42. The number of rotatable bonds is 4. The number of nitrogen functional groups attached to an aromatic ring is 1. The van der Waals surface area contributed by atoms with Crippen LogP contribution in [0.25, 0.3) is 21.9 Å². The van der Waals surface area contributed by atoms with E-state index in [-0.39, 0.29) is 24.5 Å². The Kier molecular flexibility index (Phi) is 4.43. The third kappa shape index (κ3) is 3.31. The van der Waals surface area contributed by atoms with Gasteiger partial charge in [-0.3, -0.25) is 0 Å². The lowest BCUT2D eigenvalue weighted by Crippen LogP contribution is -2.29. The van der Waals surface area contributed by atoms with E-state index >= 15 is 0 Å². The Morgan fingerprint density at radius 2 is 1.91 bits per heavy atom. The Bertz CT molecular complexity index is 1300. The highest BCUT2D eigenvalue weighted by atomic mass is 16.8. The first kappa shape index (κ1) is 19.6. The predicted octanol–water partition coefficient (Wildman–Crippen LogP) is 3.61.